The Morgan fingerprint density at radius 2 is 1.93 bits per heavy atom. The topological polar surface area (TPSA) is 25.8 Å². The minimum Gasteiger partial charge on any atom is -0.142 e. The molecule has 3 saturated carbocycles. The standard InChI is InChI=1S/C10H13BrN2S/c11-10-13-12-9(14-10)8-5-6-1-3-7(8)4-2-6/h6-8H,1-5H2. The molecule has 1 aromatic rings. The maximum atomic E-state index is 4.28. The molecule has 0 spiro atoms. The van der Waals surface area contributed by atoms with Crippen LogP contribution in [0.15, 0.2) is 3.92 Å². The predicted octanol–water partition coefficient (Wildman–Crippen LogP) is 3.59. The molecule has 4 heteroatoms. The molecular weight excluding hydrogens is 260 g/mol. The molecule has 1 atom stereocenters. The smallest absolute Gasteiger partial charge is 0.142 e. The van der Waals surface area contributed by atoms with Gasteiger partial charge in [0.1, 0.15) is 5.01 Å². The molecule has 0 saturated heterocycles. The summed E-state index contributed by atoms with van der Waals surface area (Å²) in [5.74, 6) is 2.61. The molecule has 2 nitrogen and oxygen atoms in total. The van der Waals surface area contributed by atoms with Crippen molar-refractivity contribution in [3.05, 3.63) is 8.92 Å². The molecule has 1 aromatic heterocycles. The lowest BCUT2D eigenvalue weighted by atomic mass is 9.65. The molecule has 3 fully saturated rings. The lowest BCUT2D eigenvalue weighted by Crippen LogP contribution is -2.29. The zero-order chi connectivity index (χ0) is 9.54. The fourth-order valence-corrected chi connectivity index (χ4v) is 4.40. The molecule has 3 aliphatic carbocycles. The van der Waals surface area contributed by atoms with E-state index >= 15 is 0 Å². The second kappa shape index (κ2) is 3.56. The number of rotatable bonds is 1. The van der Waals surface area contributed by atoms with Crippen LogP contribution in [-0.2, 0) is 0 Å². The third-order valence-corrected chi connectivity index (χ3v) is 5.27. The number of hydrogen-bond donors (Lipinski definition) is 0. The zero-order valence-corrected chi connectivity index (χ0v) is 10.4. The molecule has 0 radical (unpaired) electrons. The Labute approximate surface area is 96.3 Å². The molecule has 4 rings (SSSR count). The molecule has 1 heterocycles. The molecule has 0 aromatic carbocycles. The Bertz CT molecular complexity index is 331. The van der Waals surface area contributed by atoms with Gasteiger partial charge in [-0.25, -0.2) is 0 Å². The second-order valence-corrected chi connectivity index (χ2v) is 6.80. The summed E-state index contributed by atoms with van der Waals surface area (Å²) in [5, 5.41) is 9.61. The molecule has 3 aliphatic rings. The van der Waals surface area contributed by atoms with Gasteiger partial charge < -0.3 is 0 Å². The van der Waals surface area contributed by atoms with Gasteiger partial charge >= 0.3 is 0 Å². The third-order valence-electron chi connectivity index (χ3n) is 3.78. The van der Waals surface area contributed by atoms with E-state index < -0.39 is 0 Å². The highest BCUT2D eigenvalue weighted by atomic mass is 79.9. The summed E-state index contributed by atoms with van der Waals surface area (Å²) in [7, 11) is 0. The van der Waals surface area contributed by atoms with Crippen molar-refractivity contribution in [1.82, 2.24) is 10.2 Å². The molecule has 0 aliphatic heterocycles. The first-order chi connectivity index (χ1) is 6.83. The molecule has 2 bridgehead atoms. The van der Waals surface area contributed by atoms with E-state index in [0.717, 1.165) is 21.7 Å². The van der Waals surface area contributed by atoms with Crippen LogP contribution in [0.5, 0.6) is 0 Å². The van der Waals surface area contributed by atoms with E-state index in [4.69, 9.17) is 0 Å². The first kappa shape index (κ1) is 9.28. The van der Waals surface area contributed by atoms with Crippen molar-refractivity contribution in [2.45, 2.75) is 38.0 Å². The Balaban J connectivity index is 1.85. The van der Waals surface area contributed by atoms with Gasteiger partial charge in [0.25, 0.3) is 0 Å². The quantitative estimate of drug-likeness (QED) is 0.781. The second-order valence-electron chi connectivity index (χ2n) is 4.52. The van der Waals surface area contributed by atoms with Crippen molar-refractivity contribution in [3.63, 3.8) is 0 Å². The van der Waals surface area contributed by atoms with Crippen LogP contribution in [0.4, 0.5) is 0 Å². The van der Waals surface area contributed by atoms with E-state index in [9.17, 15) is 0 Å². The van der Waals surface area contributed by atoms with Gasteiger partial charge in [-0.2, -0.15) is 0 Å². The van der Waals surface area contributed by atoms with E-state index in [1.807, 2.05) is 0 Å². The van der Waals surface area contributed by atoms with E-state index in [2.05, 4.69) is 26.1 Å². The fraction of sp³-hybridized carbons (Fsp3) is 0.800. The van der Waals surface area contributed by atoms with Gasteiger partial charge in [0.2, 0.25) is 0 Å². The van der Waals surface area contributed by atoms with Crippen molar-refractivity contribution in [1.29, 1.82) is 0 Å². The lowest BCUT2D eigenvalue weighted by molar-refractivity contribution is 0.144. The van der Waals surface area contributed by atoms with Crippen molar-refractivity contribution in [2.24, 2.45) is 11.8 Å². The van der Waals surface area contributed by atoms with E-state index in [0.29, 0.717) is 0 Å². The fourth-order valence-electron chi connectivity index (χ4n) is 3.05. The summed E-state index contributed by atoms with van der Waals surface area (Å²) >= 11 is 5.13. The van der Waals surface area contributed by atoms with E-state index in [-0.39, 0.29) is 0 Å². The minimum atomic E-state index is 0.728. The summed E-state index contributed by atoms with van der Waals surface area (Å²) in [5.41, 5.74) is 0. The van der Waals surface area contributed by atoms with Gasteiger partial charge in [0.15, 0.2) is 3.92 Å². The highest BCUT2D eigenvalue weighted by Crippen LogP contribution is 2.50. The van der Waals surface area contributed by atoms with E-state index in [1.54, 1.807) is 11.3 Å². The predicted molar refractivity (Wildman–Crippen MR) is 60.4 cm³/mol. The van der Waals surface area contributed by atoms with Crippen LogP contribution in [0.1, 0.15) is 43.0 Å². The molecule has 1 unspecified atom stereocenters. The average Bonchev–Trinajstić information content (AvgIpc) is 2.66. The van der Waals surface area contributed by atoms with Crippen LogP contribution < -0.4 is 0 Å². The molecule has 0 N–H and O–H groups in total. The molecular formula is C10H13BrN2S. The van der Waals surface area contributed by atoms with E-state index in [1.165, 1.54) is 37.1 Å². The number of aromatic nitrogens is 2. The van der Waals surface area contributed by atoms with Crippen LogP contribution in [0.2, 0.25) is 0 Å². The number of nitrogens with zero attached hydrogens (tertiary/aromatic N) is 2. The van der Waals surface area contributed by atoms with Crippen LogP contribution in [0.25, 0.3) is 0 Å². The maximum Gasteiger partial charge on any atom is 0.183 e. The Kier molecular flexibility index (Phi) is 2.36. The molecule has 14 heavy (non-hydrogen) atoms. The zero-order valence-electron chi connectivity index (χ0n) is 7.95. The SMILES string of the molecule is Brc1nnc(C2CC3CCC2CC3)s1. The minimum absolute atomic E-state index is 0.728. The van der Waals surface area contributed by atoms with Gasteiger partial charge in [0, 0.05) is 5.92 Å². The van der Waals surface area contributed by atoms with Gasteiger partial charge in [-0.3, -0.25) is 0 Å². The first-order valence-electron chi connectivity index (χ1n) is 5.32. The van der Waals surface area contributed by atoms with Crippen LogP contribution >= 0.6 is 27.3 Å². The van der Waals surface area contributed by atoms with Gasteiger partial charge in [-0.1, -0.05) is 24.2 Å². The van der Waals surface area contributed by atoms with Gasteiger partial charge in [-0.15, -0.1) is 10.2 Å². The van der Waals surface area contributed by atoms with Gasteiger partial charge in [0.05, 0.1) is 0 Å². The average molecular weight is 273 g/mol. The Hall–Kier alpha value is 0.0400. The molecule has 76 valence electrons. The van der Waals surface area contributed by atoms with Crippen LogP contribution in [0.3, 0.4) is 0 Å². The van der Waals surface area contributed by atoms with Crippen molar-refractivity contribution in [2.75, 3.05) is 0 Å². The monoisotopic (exact) mass is 272 g/mol. The van der Waals surface area contributed by atoms with Crippen LogP contribution in [-0.4, -0.2) is 10.2 Å². The summed E-state index contributed by atoms with van der Waals surface area (Å²) in [4.78, 5) is 0. The molecule has 0 amide bonds. The number of halogens is 1. The van der Waals surface area contributed by atoms with Gasteiger partial charge in [-0.05, 0) is 47.0 Å². The summed E-state index contributed by atoms with van der Waals surface area (Å²) in [6, 6.07) is 0. The highest BCUT2D eigenvalue weighted by molar-refractivity contribution is 9.11. The normalized spacial score (nSPS) is 36.2. The highest BCUT2D eigenvalue weighted by Gasteiger charge is 2.37. The number of hydrogen-bond acceptors (Lipinski definition) is 3. The van der Waals surface area contributed by atoms with Crippen molar-refractivity contribution in [3.8, 4) is 0 Å². The summed E-state index contributed by atoms with van der Waals surface area (Å²) in [6.07, 6.45) is 7.13. The van der Waals surface area contributed by atoms with Crippen molar-refractivity contribution < 1.29 is 0 Å². The first-order valence-corrected chi connectivity index (χ1v) is 6.93. The van der Waals surface area contributed by atoms with Crippen molar-refractivity contribution >= 4 is 27.3 Å². The largest absolute Gasteiger partial charge is 0.183 e. The van der Waals surface area contributed by atoms with Crippen LogP contribution in [0, 0.1) is 11.8 Å². The maximum absolute atomic E-state index is 4.28. The summed E-state index contributed by atoms with van der Waals surface area (Å²) < 4.78 is 0.939. The number of fused-ring (bicyclic) bond motifs is 3. The Morgan fingerprint density at radius 3 is 2.43 bits per heavy atom. The summed E-state index contributed by atoms with van der Waals surface area (Å²) in [6.45, 7) is 0. The third kappa shape index (κ3) is 1.52. The Morgan fingerprint density at radius 1 is 1.14 bits per heavy atom. The lowest BCUT2D eigenvalue weighted by Gasteiger charge is -2.41.